The van der Waals surface area contributed by atoms with E-state index in [1.54, 1.807) is 0 Å². The zero-order valence-corrected chi connectivity index (χ0v) is 6.00. The van der Waals surface area contributed by atoms with Crippen LogP contribution in [0.1, 0.15) is 26.7 Å². The van der Waals surface area contributed by atoms with Gasteiger partial charge < -0.3 is 9.84 Å². The van der Waals surface area contributed by atoms with Crippen LogP contribution in [-0.2, 0) is 4.74 Å². The molecule has 1 rings (SSSR count). The van der Waals surface area contributed by atoms with Crippen molar-refractivity contribution in [2.24, 2.45) is 0 Å². The normalized spacial score (nSPS) is 34.7. The number of aliphatic hydroxyl groups is 1. The van der Waals surface area contributed by atoms with Crippen LogP contribution in [0.25, 0.3) is 0 Å². The molecular weight excluding hydrogens is 116 g/mol. The average Bonchev–Trinajstić information content (AvgIpc) is 1.79. The van der Waals surface area contributed by atoms with Crippen LogP contribution in [0.3, 0.4) is 0 Å². The lowest BCUT2D eigenvalue weighted by Crippen LogP contribution is -2.40. The molecule has 1 N–H and O–H groups in total. The molecule has 1 fully saturated rings. The Bertz CT molecular complexity index is 90.9. The molecule has 0 radical (unpaired) electrons. The van der Waals surface area contributed by atoms with E-state index < -0.39 is 0 Å². The second-order valence-corrected chi connectivity index (χ2v) is 2.87. The summed E-state index contributed by atoms with van der Waals surface area (Å²) in [5.74, 6) is 0. The number of rotatable bonds is 2. The summed E-state index contributed by atoms with van der Waals surface area (Å²) in [6.45, 7) is 3.98. The van der Waals surface area contributed by atoms with E-state index in [1.165, 1.54) is 0 Å². The van der Waals surface area contributed by atoms with E-state index in [2.05, 4.69) is 0 Å². The van der Waals surface area contributed by atoms with Crippen LogP contribution in [0.2, 0.25) is 0 Å². The molecule has 1 aliphatic carbocycles. The first-order chi connectivity index (χ1) is 4.20. The Labute approximate surface area is 55.8 Å². The summed E-state index contributed by atoms with van der Waals surface area (Å²) in [7, 11) is 0. The lowest BCUT2D eigenvalue weighted by Gasteiger charge is -2.33. The zero-order valence-electron chi connectivity index (χ0n) is 6.00. The molecule has 0 unspecified atom stereocenters. The molecule has 9 heavy (non-hydrogen) atoms. The van der Waals surface area contributed by atoms with Gasteiger partial charge in [0.2, 0.25) is 0 Å². The van der Waals surface area contributed by atoms with Gasteiger partial charge in [-0.3, -0.25) is 0 Å². The van der Waals surface area contributed by atoms with Crippen molar-refractivity contribution in [3.63, 3.8) is 0 Å². The number of ether oxygens (including phenoxy) is 1. The Morgan fingerprint density at radius 2 is 2.11 bits per heavy atom. The molecule has 0 heterocycles. The minimum atomic E-state index is -0.188. The molecule has 0 aromatic carbocycles. The van der Waals surface area contributed by atoms with Crippen molar-refractivity contribution in [1.82, 2.24) is 0 Å². The fraction of sp³-hybridized carbons (Fsp3) is 1.00. The van der Waals surface area contributed by atoms with Gasteiger partial charge in [-0.2, -0.15) is 0 Å². The smallest absolute Gasteiger partial charge is 0.0838 e. The van der Waals surface area contributed by atoms with Crippen LogP contribution in [0.5, 0.6) is 0 Å². The molecule has 2 heteroatoms. The Hall–Kier alpha value is -0.0800. The lowest BCUT2D eigenvalue weighted by atomic mass is 9.92. The van der Waals surface area contributed by atoms with E-state index >= 15 is 0 Å². The van der Waals surface area contributed by atoms with E-state index in [4.69, 9.17) is 9.84 Å². The van der Waals surface area contributed by atoms with Crippen LogP contribution in [0.4, 0.5) is 0 Å². The summed E-state index contributed by atoms with van der Waals surface area (Å²) in [4.78, 5) is 0. The summed E-state index contributed by atoms with van der Waals surface area (Å²) in [6.07, 6.45) is 2.14. The van der Waals surface area contributed by atoms with E-state index in [9.17, 15) is 0 Å². The van der Waals surface area contributed by atoms with Gasteiger partial charge in [-0.25, -0.2) is 0 Å². The topological polar surface area (TPSA) is 29.5 Å². The van der Waals surface area contributed by atoms with Crippen molar-refractivity contribution in [2.45, 2.75) is 45.0 Å². The highest BCUT2D eigenvalue weighted by atomic mass is 16.5. The lowest BCUT2D eigenvalue weighted by molar-refractivity contribution is -0.117. The Balaban J connectivity index is 2.13. The van der Waals surface area contributed by atoms with Gasteiger partial charge >= 0.3 is 0 Å². The van der Waals surface area contributed by atoms with E-state index in [1.807, 2.05) is 13.8 Å². The van der Waals surface area contributed by atoms with Crippen LogP contribution in [-0.4, -0.2) is 23.4 Å². The monoisotopic (exact) mass is 130 g/mol. The minimum Gasteiger partial charge on any atom is -0.390 e. The highest BCUT2D eigenvalue weighted by Crippen LogP contribution is 2.23. The maximum absolute atomic E-state index is 9.03. The summed E-state index contributed by atoms with van der Waals surface area (Å²) in [5, 5.41) is 9.03. The number of hydrogen-bond acceptors (Lipinski definition) is 2. The van der Waals surface area contributed by atoms with Crippen molar-refractivity contribution in [2.75, 3.05) is 0 Å². The molecule has 0 bridgehead atoms. The van der Waals surface area contributed by atoms with Crippen molar-refractivity contribution in [3.05, 3.63) is 0 Å². The maximum atomic E-state index is 9.03. The second-order valence-electron chi connectivity index (χ2n) is 2.87. The van der Waals surface area contributed by atoms with Gasteiger partial charge in [-0.1, -0.05) is 0 Å². The van der Waals surface area contributed by atoms with E-state index in [0.717, 1.165) is 12.8 Å². The van der Waals surface area contributed by atoms with Gasteiger partial charge in [-0.15, -0.1) is 0 Å². The van der Waals surface area contributed by atoms with Crippen LogP contribution >= 0.6 is 0 Å². The fourth-order valence-electron chi connectivity index (χ4n) is 0.960. The van der Waals surface area contributed by atoms with Gasteiger partial charge in [0.15, 0.2) is 0 Å². The highest BCUT2D eigenvalue weighted by Gasteiger charge is 2.29. The predicted octanol–water partition coefficient (Wildman–Crippen LogP) is 0.935. The molecule has 0 aromatic rings. The number of hydrogen-bond donors (Lipinski definition) is 1. The Kier molecular flexibility index (Phi) is 2.09. The predicted molar refractivity (Wildman–Crippen MR) is 35.2 cm³/mol. The number of aliphatic hydroxyl groups excluding tert-OH is 1. The van der Waals surface area contributed by atoms with Crippen LogP contribution < -0.4 is 0 Å². The van der Waals surface area contributed by atoms with Gasteiger partial charge in [0.05, 0.1) is 18.3 Å². The fourth-order valence-corrected chi connectivity index (χ4v) is 0.960. The molecule has 0 amide bonds. The first-order valence-electron chi connectivity index (χ1n) is 3.53. The quantitative estimate of drug-likeness (QED) is 0.602. The van der Waals surface area contributed by atoms with Crippen LogP contribution in [0.15, 0.2) is 0 Å². The molecule has 2 nitrogen and oxygen atoms in total. The third-order valence-corrected chi connectivity index (χ3v) is 1.62. The first kappa shape index (κ1) is 7.03. The SMILES string of the molecule is CC(C)O[C@H]1CC[C@@H]1O. The van der Waals surface area contributed by atoms with Crippen molar-refractivity contribution >= 4 is 0 Å². The highest BCUT2D eigenvalue weighted by molar-refractivity contribution is 4.80. The Morgan fingerprint density at radius 1 is 1.44 bits per heavy atom. The Morgan fingerprint density at radius 3 is 2.22 bits per heavy atom. The van der Waals surface area contributed by atoms with E-state index in [0.29, 0.717) is 0 Å². The molecule has 1 aliphatic rings. The van der Waals surface area contributed by atoms with Gasteiger partial charge in [0.25, 0.3) is 0 Å². The van der Waals surface area contributed by atoms with Gasteiger partial charge in [0.1, 0.15) is 0 Å². The van der Waals surface area contributed by atoms with Crippen molar-refractivity contribution in [3.8, 4) is 0 Å². The van der Waals surface area contributed by atoms with Gasteiger partial charge in [-0.05, 0) is 26.7 Å². The maximum Gasteiger partial charge on any atom is 0.0838 e. The molecule has 0 aromatic heterocycles. The second kappa shape index (κ2) is 2.67. The standard InChI is InChI=1S/C7H14O2/c1-5(2)9-7-4-3-6(7)8/h5-8H,3-4H2,1-2H3/t6-,7-/m0/s1. The summed E-state index contributed by atoms with van der Waals surface area (Å²) >= 11 is 0. The average molecular weight is 130 g/mol. The third kappa shape index (κ3) is 1.66. The molecule has 1 saturated carbocycles. The van der Waals surface area contributed by atoms with Crippen LogP contribution in [0, 0.1) is 0 Å². The molecule has 0 saturated heterocycles. The molecule has 2 atom stereocenters. The van der Waals surface area contributed by atoms with E-state index in [-0.39, 0.29) is 18.3 Å². The molecular formula is C7H14O2. The van der Waals surface area contributed by atoms with Gasteiger partial charge in [0, 0.05) is 0 Å². The molecule has 0 spiro atoms. The third-order valence-electron chi connectivity index (χ3n) is 1.62. The summed E-state index contributed by atoms with van der Waals surface area (Å²) in [6, 6.07) is 0. The molecule has 0 aliphatic heterocycles. The van der Waals surface area contributed by atoms with Crippen molar-refractivity contribution in [1.29, 1.82) is 0 Å². The minimum absolute atomic E-state index is 0.130. The molecule has 54 valence electrons. The summed E-state index contributed by atoms with van der Waals surface area (Å²) in [5.41, 5.74) is 0. The first-order valence-corrected chi connectivity index (χ1v) is 3.53. The van der Waals surface area contributed by atoms with Crippen molar-refractivity contribution < 1.29 is 9.84 Å². The largest absolute Gasteiger partial charge is 0.390 e. The summed E-state index contributed by atoms with van der Waals surface area (Å²) < 4.78 is 5.35. The zero-order chi connectivity index (χ0) is 6.85.